The predicted octanol–water partition coefficient (Wildman–Crippen LogP) is 1.74. The zero-order valence-corrected chi connectivity index (χ0v) is 9.25. The normalized spacial score (nSPS) is 20.0. The van der Waals surface area contributed by atoms with Gasteiger partial charge >= 0.3 is 5.97 Å². The smallest absolute Gasteiger partial charge is 0.314 e. The molecule has 1 atom stereocenters. The van der Waals surface area contributed by atoms with E-state index in [1.54, 1.807) is 20.8 Å². The number of carbonyl (C=O) groups is 1. The minimum atomic E-state index is -0.763. The molecule has 1 aliphatic carbocycles. The fourth-order valence-electron chi connectivity index (χ4n) is 1.78. The van der Waals surface area contributed by atoms with Crippen molar-refractivity contribution < 1.29 is 14.6 Å². The average Bonchev–Trinajstić information content (AvgIpc) is 2.01. The first-order valence-corrected chi connectivity index (χ1v) is 5.35. The van der Waals surface area contributed by atoms with Gasteiger partial charge in [0, 0.05) is 0 Å². The lowest BCUT2D eigenvalue weighted by Crippen LogP contribution is -2.45. The lowest BCUT2D eigenvalue weighted by atomic mass is 9.71. The van der Waals surface area contributed by atoms with Crippen molar-refractivity contribution in [1.29, 1.82) is 0 Å². The molecule has 1 fully saturated rings. The Kier molecular flexibility index (Phi) is 3.53. The molecule has 0 aromatic carbocycles. The van der Waals surface area contributed by atoms with E-state index in [-0.39, 0.29) is 11.9 Å². The number of ether oxygens (including phenoxy) is 1. The molecular formula is C11H20O3. The summed E-state index contributed by atoms with van der Waals surface area (Å²) in [7, 11) is 0. The van der Waals surface area contributed by atoms with Crippen LogP contribution in [0.4, 0.5) is 0 Å². The molecule has 0 bridgehead atoms. The summed E-state index contributed by atoms with van der Waals surface area (Å²) in [5, 5.41) is 9.99. The molecule has 0 amide bonds. The van der Waals surface area contributed by atoms with Gasteiger partial charge in [-0.05, 0) is 39.5 Å². The van der Waals surface area contributed by atoms with Gasteiger partial charge in [0.05, 0.1) is 18.1 Å². The van der Waals surface area contributed by atoms with Gasteiger partial charge in [-0.15, -0.1) is 0 Å². The molecule has 0 heterocycles. The van der Waals surface area contributed by atoms with Crippen molar-refractivity contribution >= 4 is 5.97 Å². The minimum absolute atomic E-state index is 0.286. The van der Waals surface area contributed by atoms with Crippen LogP contribution in [0.2, 0.25) is 0 Å². The lowest BCUT2D eigenvalue weighted by molar-refractivity contribution is -0.164. The molecule has 14 heavy (non-hydrogen) atoms. The van der Waals surface area contributed by atoms with Gasteiger partial charge in [0.1, 0.15) is 0 Å². The number of aliphatic hydroxyl groups is 1. The van der Waals surface area contributed by atoms with Crippen LogP contribution in [0.3, 0.4) is 0 Å². The summed E-state index contributed by atoms with van der Waals surface area (Å²) in [6.07, 6.45) is 2.67. The molecule has 0 spiro atoms. The van der Waals surface area contributed by atoms with Gasteiger partial charge in [0.15, 0.2) is 0 Å². The van der Waals surface area contributed by atoms with Crippen LogP contribution in [-0.2, 0) is 9.53 Å². The molecule has 0 aromatic heterocycles. The van der Waals surface area contributed by atoms with E-state index in [0.29, 0.717) is 6.61 Å². The second-order valence-corrected chi connectivity index (χ2v) is 4.58. The Hall–Kier alpha value is -0.570. The van der Waals surface area contributed by atoms with Crippen LogP contribution in [0.25, 0.3) is 0 Å². The van der Waals surface area contributed by atoms with Gasteiger partial charge in [0.2, 0.25) is 0 Å². The van der Waals surface area contributed by atoms with E-state index < -0.39 is 11.5 Å². The molecular weight excluding hydrogens is 180 g/mol. The van der Waals surface area contributed by atoms with Gasteiger partial charge in [0.25, 0.3) is 0 Å². The van der Waals surface area contributed by atoms with E-state index in [1.807, 2.05) is 0 Å². The molecule has 1 saturated carbocycles. The molecule has 1 unspecified atom stereocenters. The Balaban J connectivity index is 2.57. The summed E-state index contributed by atoms with van der Waals surface area (Å²) < 4.78 is 4.95. The van der Waals surface area contributed by atoms with E-state index in [4.69, 9.17) is 4.74 Å². The first-order valence-electron chi connectivity index (χ1n) is 5.35. The SMILES string of the molecule is CCOC(=O)C(C)(C)C(O)C1CCC1. The van der Waals surface area contributed by atoms with E-state index in [9.17, 15) is 9.90 Å². The highest BCUT2D eigenvalue weighted by Crippen LogP contribution is 2.38. The summed E-state index contributed by atoms with van der Waals surface area (Å²) in [6.45, 7) is 5.67. The highest BCUT2D eigenvalue weighted by atomic mass is 16.5. The third kappa shape index (κ3) is 2.08. The molecule has 3 heteroatoms. The Bertz CT molecular complexity index is 207. The number of hydrogen-bond donors (Lipinski definition) is 1. The third-order valence-electron chi connectivity index (χ3n) is 3.14. The molecule has 0 saturated heterocycles. The van der Waals surface area contributed by atoms with Crippen molar-refractivity contribution in [2.24, 2.45) is 11.3 Å². The van der Waals surface area contributed by atoms with E-state index in [1.165, 1.54) is 6.42 Å². The standard InChI is InChI=1S/C11H20O3/c1-4-14-10(13)11(2,3)9(12)8-6-5-7-8/h8-9,12H,4-7H2,1-3H3. The molecule has 0 radical (unpaired) electrons. The maximum absolute atomic E-state index is 11.6. The fraction of sp³-hybridized carbons (Fsp3) is 0.909. The summed E-state index contributed by atoms with van der Waals surface area (Å²) in [5.41, 5.74) is -0.763. The van der Waals surface area contributed by atoms with E-state index in [0.717, 1.165) is 12.8 Å². The van der Waals surface area contributed by atoms with Gasteiger partial charge in [-0.3, -0.25) is 4.79 Å². The maximum Gasteiger partial charge on any atom is 0.314 e. The van der Waals surface area contributed by atoms with Crippen LogP contribution < -0.4 is 0 Å². The molecule has 82 valence electrons. The van der Waals surface area contributed by atoms with E-state index in [2.05, 4.69) is 0 Å². The van der Waals surface area contributed by atoms with Gasteiger partial charge in [-0.25, -0.2) is 0 Å². The van der Waals surface area contributed by atoms with Gasteiger partial charge < -0.3 is 9.84 Å². The highest BCUT2D eigenvalue weighted by Gasteiger charge is 2.43. The first-order chi connectivity index (χ1) is 6.50. The van der Waals surface area contributed by atoms with Gasteiger partial charge in [-0.1, -0.05) is 6.42 Å². The molecule has 0 aliphatic heterocycles. The lowest BCUT2D eigenvalue weighted by Gasteiger charge is -2.38. The Morgan fingerprint density at radius 2 is 2.14 bits per heavy atom. The van der Waals surface area contributed by atoms with Crippen LogP contribution in [0.15, 0.2) is 0 Å². The van der Waals surface area contributed by atoms with Crippen molar-refractivity contribution in [3.8, 4) is 0 Å². The number of esters is 1. The highest BCUT2D eigenvalue weighted by molar-refractivity contribution is 5.76. The van der Waals surface area contributed by atoms with E-state index >= 15 is 0 Å². The molecule has 0 aromatic rings. The predicted molar refractivity (Wildman–Crippen MR) is 53.8 cm³/mol. The van der Waals surface area contributed by atoms with Crippen LogP contribution in [-0.4, -0.2) is 23.8 Å². The monoisotopic (exact) mass is 200 g/mol. The summed E-state index contributed by atoms with van der Waals surface area (Å²) in [6, 6.07) is 0. The van der Waals surface area contributed by atoms with Crippen molar-refractivity contribution in [2.45, 2.75) is 46.1 Å². The first kappa shape index (κ1) is 11.5. The van der Waals surface area contributed by atoms with Crippen LogP contribution in [0.1, 0.15) is 40.0 Å². The number of carbonyl (C=O) groups excluding carboxylic acids is 1. The van der Waals surface area contributed by atoms with Crippen LogP contribution in [0, 0.1) is 11.3 Å². The Morgan fingerprint density at radius 3 is 2.50 bits per heavy atom. The summed E-state index contributed by atoms with van der Waals surface area (Å²) in [5.74, 6) is -0.00574. The summed E-state index contributed by atoms with van der Waals surface area (Å²) in [4.78, 5) is 11.6. The van der Waals surface area contributed by atoms with Crippen molar-refractivity contribution in [3.05, 3.63) is 0 Å². The zero-order valence-electron chi connectivity index (χ0n) is 9.25. The summed E-state index contributed by atoms with van der Waals surface area (Å²) >= 11 is 0. The number of rotatable bonds is 4. The molecule has 1 rings (SSSR count). The third-order valence-corrected chi connectivity index (χ3v) is 3.14. The second-order valence-electron chi connectivity index (χ2n) is 4.58. The maximum atomic E-state index is 11.6. The molecule has 1 N–H and O–H groups in total. The van der Waals surface area contributed by atoms with Crippen LogP contribution >= 0.6 is 0 Å². The van der Waals surface area contributed by atoms with Crippen LogP contribution in [0.5, 0.6) is 0 Å². The zero-order chi connectivity index (χ0) is 10.8. The van der Waals surface area contributed by atoms with Crippen molar-refractivity contribution in [3.63, 3.8) is 0 Å². The topological polar surface area (TPSA) is 46.5 Å². The molecule has 3 nitrogen and oxygen atoms in total. The average molecular weight is 200 g/mol. The minimum Gasteiger partial charge on any atom is -0.466 e. The van der Waals surface area contributed by atoms with Crippen molar-refractivity contribution in [2.75, 3.05) is 6.61 Å². The Morgan fingerprint density at radius 1 is 1.57 bits per heavy atom. The van der Waals surface area contributed by atoms with Gasteiger partial charge in [-0.2, -0.15) is 0 Å². The number of aliphatic hydroxyl groups excluding tert-OH is 1. The Labute approximate surface area is 85.5 Å². The molecule has 1 aliphatic rings. The largest absolute Gasteiger partial charge is 0.466 e. The number of hydrogen-bond acceptors (Lipinski definition) is 3. The van der Waals surface area contributed by atoms with Crippen molar-refractivity contribution in [1.82, 2.24) is 0 Å². The fourth-order valence-corrected chi connectivity index (χ4v) is 1.78. The quantitative estimate of drug-likeness (QED) is 0.703. The second kappa shape index (κ2) is 4.30.